The van der Waals surface area contributed by atoms with Gasteiger partial charge in [-0.2, -0.15) is 0 Å². The highest BCUT2D eigenvalue weighted by molar-refractivity contribution is 6.31. The number of halogens is 3. The van der Waals surface area contributed by atoms with Crippen molar-refractivity contribution < 1.29 is 0 Å². The first-order valence-corrected chi connectivity index (χ1v) is 16.0. The predicted octanol–water partition coefficient (Wildman–Crippen LogP) is 8.73. The molecule has 0 amide bonds. The maximum atomic E-state index is 6.34. The van der Waals surface area contributed by atoms with Crippen molar-refractivity contribution in [2.45, 2.75) is 52.0 Å². The maximum absolute atomic E-state index is 6.34. The van der Waals surface area contributed by atoms with E-state index >= 15 is 0 Å². The lowest BCUT2D eigenvalue weighted by Gasteiger charge is -2.26. The summed E-state index contributed by atoms with van der Waals surface area (Å²) in [4.78, 5) is 12.7. The summed E-state index contributed by atoms with van der Waals surface area (Å²) in [5.41, 5.74) is 5.92. The molecular formula is C35H39Cl3N4. The van der Waals surface area contributed by atoms with Crippen LogP contribution in [0.25, 0.3) is 0 Å². The number of pyridine rings is 1. The Labute approximate surface area is 265 Å². The van der Waals surface area contributed by atoms with Gasteiger partial charge in [-0.3, -0.25) is 19.7 Å². The predicted molar refractivity (Wildman–Crippen MR) is 176 cm³/mol. The zero-order valence-corrected chi connectivity index (χ0v) is 26.3. The lowest BCUT2D eigenvalue weighted by Crippen LogP contribution is -2.30. The number of benzene rings is 3. The van der Waals surface area contributed by atoms with Crippen molar-refractivity contribution in [3.05, 3.63) is 134 Å². The molecule has 4 nitrogen and oxygen atoms in total. The first-order valence-electron chi connectivity index (χ1n) is 14.8. The fraction of sp³-hybridized carbons (Fsp3) is 0.343. The van der Waals surface area contributed by atoms with Gasteiger partial charge < -0.3 is 0 Å². The van der Waals surface area contributed by atoms with E-state index in [9.17, 15) is 0 Å². The van der Waals surface area contributed by atoms with Gasteiger partial charge >= 0.3 is 0 Å². The third-order valence-electron chi connectivity index (χ3n) is 7.67. The van der Waals surface area contributed by atoms with Gasteiger partial charge in [-0.25, -0.2) is 0 Å². The zero-order valence-electron chi connectivity index (χ0n) is 24.1. The molecule has 0 fully saturated rings. The fourth-order valence-electron chi connectivity index (χ4n) is 5.73. The molecule has 0 unspecified atom stereocenters. The van der Waals surface area contributed by atoms with Gasteiger partial charge in [0.2, 0.25) is 0 Å². The van der Waals surface area contributed by atoms with Gasteiger partial charge in [-0.05, 0) is 104 Å². The molecule has 1 aromatic heterocycles. The Bertz CT molecular complexity index is 1430. The molecule has 1 aliphatic heterocycles. The minimum atomic E-state index is 0.776. The van der Waals surface area contributed by atoms with Crippen LogP contribution in [-0.4, -0.2) is 45.9 Å². The molecule has 2 bridgehead atoms. The number of nitrogens with zero attached hydrogens (tertiary/aromatic N) is 4. The molecule has 1 aliphatic rings. The molecule has 4 aromatic rings. The van der Waals surface area contributed by atoms with Crippen LogP contribution < -0.4 is 0 Å². The quantitative estimate of drug-likeness (QED) is 0.215. The average molecular weight is 622 g/mol. The van der Waals surface area contributed by atoms with Crippen LogP contribution >= 0.6 is 34.8 Å². The fourth-order valence-corrected chi connectivity index (χ4v) is 6.37. The number of hydrogen-bond donors (Lipinski definition) is 0. The standard InChI is InChI=1S/C35H39Cl3N4/c36-31-11-3-8-28(20-31)23-40-16-1-2-17-41(24-29-9-4-12-32(37)21-29)26-34-14-6-15-35(39-34)27-42(19-7-18-40)25-30-10-5-13-33(38)22-30/h3-6,8-15,20-22H,1-2,7,16-19,23-27H2. The number of rotatable bonds is 6. The van der Waals surface area contributed by atoms with E-state index in [4.69, 9.17) is 39.8 Å². The third kappa shape index (κ3) is 10.1. The maximum Gasteiger partial charge on any atom is 0.0548 e. The highest BCUT2D eigenvalue weighted by Gasteiger charge is 2.15. The summed E-state index contributed by atoms with van der Waals surface area (Å²) >= 11 is 19.0. The van der Waals surface area contributed by atoms with Gasteiger partial charge in [0.25, 0.3) is 0 Å². The Morgan fingerprint density at radius 3 is 1.33 bits per heavy atom. The Morgan fingerprint density at radius 2 is 0.857 bits per heavy atom. The second kappa shape index (κ2) is 15.9. The molecule has 220 valence electrons. The summed E-state index contributed by atoms with van der Waals surface area (Å²) in [7, 11) is 0. The van der Waals surface area contributed by atoms with Crippen molar-refractivity contribution in [3.63, 3.8) is 0 Å². The van der Waals surface area contributed by atoms with E-state index in [2.05, 4.69) is 69.3 Å². The molecule has 0 saturated carbocycles. The van der Waals surface area contributed by atoms with Crippen LogP contribution in [-0.2, 0) is 32.7 Å². The van der Waals surface area contributed by atoms with Crippen molar-refractivity contribution >= 4 is 34.8 Å². The zero-order chi connectivity index (χ0) is 29.1. The Hall–Kier alpha value is -2.44. The van der Waals surface area contributed by atoms with Gasteiger partial charge in [0.1, 0.15) is 0 Å². The topological polar surface area (TPSA) is 22.6 Å². The highest BCUT2D eigenvalue weighted by atomic mass is 35.5. The molecule has 0 N–H and O–H groups in total. The number of hydrogen-bond acceptors (Lipinski definition) is 4. The molecule has 5 rings (SSSR count). The second-order valence-corrected chi connectivity index (χ2v) is 12.6. The first kappa shape index (κ1) is 31.0. The number of fused-ring (bicyclic) bond motifs is 2. The van der Waals surface area contributed by atoms with Gasteiger partial charge in [-0.1, -0.05) is 77.3 Å². The molecular weight excluding hydrogens is 583 g/mol. The molecule has 3 aromatic carbocycles. The largest absolute Gasteiger partial charge is 0.299 e. The highest BCUT2D eigenvalue weighted by Crippen LogP contribution is 2.19. The molecule has 0 saturated heterocycles. The molecule has 0 atom stereocenters. The minimum Gasteiger partial charge on any atom is -0.299 e. The van der Waals surface area contributed by atoms with Crippen LogP contribution in [0.3, 0.4) is 0 Å². The molecule has 7 heteroatoms. The van der Waals surface area contributed by atoms with E-state index in [1.807, 2.05) is 36.4 Å². The van der Waals surface area contributed by atoms with Crippen LogP contribution in [0.2, 0.25) is 15.1 Å². The van der Waals surface area contributed by atoms with Crippen LogP contribution in [0.5, 0.6) is 0 Å². The SMILES string of the molecule is Clc1cccc(CN2CCCCN(Cc3cccc(Cl)c3)Cc3cccc(n3)CN(Cc3cccc(Cl)c3)CCC2)c1. The molecule has 42 heavy (non-hydrogen) atoms. The van der Waals surface area contributed by atoms with E-state index in [1.165, 1.54) is 16.7 Å². The molecule has 0 radical (unpaired) electrons. The van der Waals surface area contributed by atoms with Crippen molar-refractivity contribution in [3.8, 4) is 0 Å². The Morgan fingerprint density at radius 1 is 0.476 bits per heavy atom. The lowest BCUT2D eigenvalue weighted by molar-refractivity contribution is 0.204. The van der Waals surface area contributed by atoms with Gasteiger partial charge in [0.15, 0.2) is 0 Å². The smallest absolute Gasteiger partial charge is 0.0548 e. The first-order chi connectivity index (χ1) is 20.5. The van der Waals surface area contributed by atoms with Crippen LogP contribution in [0.4, 0.5) is 0 Å². The molecule has 0 spiro atoms. The molecule has 2 heterocycles. The summed E-state index contributed by atoms with van der Waals surface area (Å²) < 4.78 is 0. The normalized spacial score (nSPS) is 16.5. The minimum absolute atomic E-state index is 0.776. The van der Waals surface area contributed by atoms with E-state index in [1.54, 1.807) is 0 Å². The van der Waals surface area contributed by atoms with Crippen molar-refractivity contribution in [1.29, 1.82) is 0 Å². The number of aromatic nitrogens is 1. The average Bonchev–Trinajstić information content (AvgIpc) is 2.95. The summed E-state index contributed by atoms with van der Waals surface area (Å²) in [6.07, 6.45) is 3.32. The van der Waals surface area contributed by atoms with Crippen LogP contribution in [0.1, 0.15) is 47.3 Å². The summed E-state index contributed by atoms with van der Waals surface area (Å²) in [5.74, 6) is 0. The third-order valence-corrected chi connectivity index (χ3v) is 8.37. The van der Waals surface area contributed by atoms with Gasteiger partial charge in [-0.15, -0.1) is 0 Å². The van der Waals surface area contributed by atoms with Crippen molar-refractivity contribution in [1.82, 2.24) is 19.7 Å². The van der Waals surface area contributed by atoms with E-state index < -0.39 is 0 Å². The Balaban J connectivity index is 1.37. The van der Waals surface area contributed by atoms with Gasteiger partial charge in [0.05, 0.1) is 11.4 Å². The summed E-state index contributed by atoms with van der Waals surface area (Å²) in [6.45, 7) is 8.25. The molecule has 0 aliphatic carbocycles. The van der Waals surface area contributed by atoms with E-state index in [-0.39, 0.29) is 0 Å². The van der Waals surface area contributed by atoms with Crippen LogP contribution in [0.15, 0.2) is 91.0 Å². The van der Waals surface area contributed by atoms with Gasteiger partial charge in [0, 0.05) is 54.3 Å². The summed E-state index contributed by atoms with van der Waals surface area (Å²) in [5, 5.41) is 2.35. The van der Waals surface area contributed by atoms with E-state index in [0.717, 1.165) is 105 Å². The summed E-state index contributed by atoms with van der Waals surface area (Å²) in [6, 6.07) is 31.1. The van der Waals surface area contributed by atoms with E-state index in [0.29, 0.717) is 0 Å². The lowest BCUT2D eigenvalue weighted by atomic mass is 10.1. The van der Waals surface area contributed by atoms with Crippen molar-refractivity contribution in [2.75, 3.05) is 26.2 Å². The van der Waals surface area contributed by atoms with Crippen molar-refractivity contribution in [2.24, 2.45) is 0 Å². The monoisotopic (exact) mass is 620 g/mol. The Kier molecular flexibility index (Phi) is 11.7. The van der Waals surface area contributed by atoms with Crippen LogP contribution in [0, 0.1) is 0 Å². The second-order valence-electron chi connectivity index (χ2n) is 11.3.